The van der Waals surface area contributed by atoms with Crippen LogP contribution in [0.5, 0.6) is 0 Å². The molecule has 0 aliphatic heterocycles. The van der Waals surface area contributed by atoms with Crippen molar-refractivity contribution < 1.29 is 29.7 Å². The lowest BCUT2D eigenvalue weighted by Gasteiger charge is -2.12. The van der Waals surface area contributed by atoms with Crippen molar-refractivity contribution in [3.8, 4) is 0 Å². The van der Waals surface area contributed by atoms with E-state index in [2.05, 4.69) is 0 Å². The number of carboxylic acid groups (broad SMARTS) is 3. The van der Waals surface area contributed by atoms with Gasteiger partial charge in [0.05, 0.1) is 16.7 Å². The first-order valence-corrected chi connectivity index (χ1v) is 7.81. The van der Waals surface area contributed by atoms with Crippen LogP contribution >= 0.6 is 0 Å². The smallest absolute Gasteiger partial charge is 0.337 e. The van der Waals surface area contributed by atoms with Crippen molar-refractivity contribution in [3.05, 3.63) is 70.3 Å². The van der Waals surface area contributed by atoms with Crippen LogP contribution in [0.2, 0.25) is 0 Å². The van der Waals surface area contributed by atoms with E-state index in [-0.39, 0.29) is 0 Å². The highest BCUT2D eigenvalue weighted by Gasteiger charge is 2.26. The molecule has 6 heteroatoms. The topological polar surface area (TPSA) is 112 Å². The molecule has 0 amide bonds. The highest BCUT2D eigenvalue weighted by atomic mass is 16.4. The van der Waals surface area contributed by atoms with Gasteiger partial charge in [-0.25, -0.2) is 14.4 Å². The van der Waals surface area contributed by atoms with Gasteiger partial charge in [0.25, 0.3) is 0 Å². The number of rotatable bonds is 8. The number of carbonyl (C=O) groups is 3. The summed E-state index contributed by atoms with van der Waals surface area (Å²) >= 11 is 0. The number of carboxylic acids is 3. The van der Waals surface area contributed by atoms with Crippen LogP contribution in [0.3, 0.4) is 0 Å². The molecule has 0 unspecified atom stereocenters. The van der Waals surface area contributed by atoms with Crippen molar-refractivity contribution in [3.63, 3.8) is 0 Å². The molecule has 25 heavy (non-hydrogen) atoms. The van der Waals surface area contributed by atoms with Crippen LogP contribution in [-0.2, 0) is 12.8 Å². The Labute approximate surface area is 144 Å². The van der Waals surface area contributed by atoms with E-state index in [1.165, 1.54) is 11.6 Å². The molecule has 0 heterocycles. The average Bonchev–Trinajstić information content (AvgIpc) is 2.58. The van der Waals surface area contributed by atoms with E-state index in [1.807, 2.05) is 30.3 Å². The molecule has 3 N–H and O–H groups in total. The summed E-state index contributed by atoms with van der Waals surface area (Å²) in [4.78, 5) is 34.1. The number of aryl methyl sites for hydroxylation is 2. The molecule has 0 spiro atoms. The van der Waals surface area contributed by atoms with Gasteiger partial charge >= 0.3 is 17.9 Å². The lowest BCUT2D eigenvalue weighted by molar-refractivity contribution is 0.0632. The molecule has 2 rings (SSSR count). The molecule has 0 radical (unpaired) electrons. The fourth-order valence-corrected chi connectivity index (χ4v) is 2.79. The maximum Gasteiger partial charge on any atom is 0.337 e. The van der Waals surface area contributed by atoms with Crippen molar-refractivity contribution in [2.75, 3.05) is 0 Å². The molecule has 0 aromatic heterocycles. The van der Waals surface area contributed by atoms with E-state index in [4.69, 9.17) is 5.11 Å². The zero-order chi connectivity index (χ0) is 18.4. The van der Waals surface area contributed by atoms with Gasteiger partial charge < -0.3 is 15.3 Å². The Kier molecular flexibility index (Phi) is 5.89. The molecular formula is C19H18O6. The van der Waals surface area contributed by atoms with E-state index in [9.17, 15) is 24.6 Å². The Balaban J connectivity index is 2.20. The first-order chi connectivity index (χ1) is 11.9. The molecular weight excluding hydrogens is 324 g/mol. The second-order valence-electron chi connectivity index (χ2n) is 5.63. The molecule has 2 aromatic carbocycles. The maximum absolute atomic E-state index is 11.5. The molecule has 2 aromatic rings. The van der Waals surface area contributed by atoms with Gasteiger partial charge in [-0.3, -0.25) is 0 Å². The minimum absolute atomic E-state index is 0.336. The summed E-state index contributed by atoms with van der Waals surface area (Å²) in [5.41, 5.74) is -0.109. The van der Waals surface area contributed by atoms with Crippen molar-refractivity contribution >= 4 is 17.9 Å². The van der Waals surface area contributed by atoms with Gasteiger partial charge in [0, 0.05) is 0 Å². The van der Waals surface area contributed by atoms with Crippen molar-refractivity contribution in [1.82, 2.24) is 0 Å². The Bertz CT molecular complexity index is 795. The lowest BCUT2D eigenvalue weighted by atomic mass is 9.92. The van der Waals surface area contributed by atoms with Crippen molar-refractivity contribution in [1.29, 1.82) is 0 Å². The highest BCUT2D eigenvalue weighted by molar-refractivity contribution is 6.09. The number of aromatic carboxylic acids is 3. The Hall–Kier alpha value is -3.15. The first-order valence-electron chi connectivity index (χ1n) is 7.81. The molecule has 0 saturated carbocycles. The van der Waals surface area contributed by atoms with Gasteiger partial charge in [-0.05, 0) is 42.9 Å². The van der Waals surface area contributed by atoms with Crippen LogP contribution in [0.4, 0.5) is 0 Å². The molecule has 0 aliphatic rings. The summed E-state index contributed by atoms with van der Waals surface area (Å²) in [6.07, 6.45) is 2.68. The third kappa shape index (κ3) is 4.44. The minimum Gasteiger partial charge on any atom is -0.478 e. The minimum atomic E-state index is -1.55. The molecule has 0 atom stereocenters. The molecule has 0 fully saturated rings. The van der Waals surface area contributed by atoms with E-state index in [0.717, 1.165) is 18.9 Å². The highest BCUT2D eigenvalue weighted by Crippen LogP contribution is 2.22. The average molecular weight is 342 g/mol. The normalized spacial score (nSPS) is 10.4. The molecule has 0 saturated heterocycles. The summed E-state index contributed by atoms with van der Waals surface area (Å²) in [5, 5.41) is 27.7. The fourth-order valence-electron chi connectivity index (χ4n) is 2.79. The van der Waals surface area contributed by atoms with Gasteiger partial charge in [-0.1, -0.05) is 36.4 Å². The van der Waals surface area contributed by atoms with Crippen molar-refractivity contribution in [2.24, 2.45) is 0 Å². The van der Waals surface area contributed by atoms with Crippen LogP contribution in [0.15, 0.2) is 42.5 Å². The van der Waals surface area contributed by atoms with Crippen molar-refractivity contribution in [2.45, 2.75) is 25.7 Å². The Morgan fingerprint density at radius 2 is 1.28 bits per heavy atom. The number of hydrogen-bond acceptors (Lipinski definition) is 3. The Morgan fingerprint density at radius 3 is 1.84 bits per heavy atom. The van der Waals surface area contributed by atoms with E-state index >= 15 is 0 Å². The standard InChI is InChI=1S/C19H18O6/c20-17(21)14-11-10-13(15(18(22)23)16(14)19(24)25)9-5-4-8-12-6-2-1-3-7-12/h1-3,6-7,10-11H,4-5,8-9H2,(H,20,21)(H,22,23)(H,24,25). The van der Waals surface area contributed by atoms with Crippen LogP contribution in [-0.4, -0.2) is 33.2 Å². The van der Waals surface area contributed by atoms with Gasteiger partial charge in [0.1, 0.15) is 0 Å². The SMILES string of the molecule is O=C(O)c1ccc(CCCCc2ccccc2)c(C(=O)O)c1C(=O)O. The Morgan fingerprint density at radius 1 is 0.680 bits per heavy atom. The summed E-state index contributed by atoms with van der Waals surface area (Å²) in [7, 11) is 0. The van der Waals surface area contributed by atoms with Crippen LogP contribution in [0.25, 0.3) is 0 Å². The first kappa shape index (κ1) is 18.2. The zero-order valence-corrected chi connectivity index (χ0v) is 13.4. The number of benzene rings is 2. The largest absolute Gasteiger partial charge is 0.478 e. The third-order valence-corrected chi connectivity index (χ3v) is 3.95. The quantitative estimate of drug-likeness (QED) is 0.634. The number of hydrogen-bond donors (Lipinski definition) is 3. The monoisotopic (exact) mass is 342 g/mol. The van der Waals surface area contributed by atoms with Gasteiger partial charge in [0.15, 0.2) is 0 Å². The summed E-state index contributed by atoms with van der Waals surface area (Å²) in [5.74, 6) is -4.45. The van der Waals surface area contributed by atoms with Crippen LogP contribution in [0, 0.1) is 0 Å². The molecule has 0 aliphatic carbocycles. The summed E-state index contributed by atoms with van der Waals surface area (Å²) in [6, 6.07) is 12.4. The summed E-state index contributed by atoms with van der Waals surface area (Å²) < 4.78 is 0. The van der Waals surface area contributed by atoms with Gasteiger partial charge in [-0.2, -0.15) is 0 Å². The number of unbranched alkanes of at least 4 members (excludes halogenated alkanes) is 1. The second-order valence-corrected chi connectivity index (χ2v) is 5.63. The van der Waals surface area contributed by atoms with E-state index in [1.54, 1.807) is 0 Å². The second kappa shape index (κ2) is 8.10. The predicted molar refractivity (Wildman–Crippen MR) is 90.4 cm³/mol. The molecule has 0 bridgehead atoms. The lowest BCUT2D eigenvalue weighted by Crippen LogP contribution is -2.17. The summed E-state index contributed by atoms with van der Waals surface area (Å²) in [6.45, 7) is 0. The van der Waals surface area contributed by atoms with Crippen LogP contribution in [0.1, 0.15) is 55.0 Å². The van der Waals surface area contributed by atoms with E-state index in [0.29, 0.717) is 18.4 Å². The van der Waals surface area contributed by atoms with Gasteiger partial charge in [0.2, 0.25) is 0 Å². The third-order valence-electron chi connectivity index (χ3n) is 3.95. The van der Waals surface area contributed by atoms with Crippen LogP contribution < -0.4 is 0 Å². The zero-order valence-electron chi connectivity index (χ0n) is 13.4. The predicted octanol–water partition coefficient (Wildman–Crippen LogP) is 3.35. The molecule has 130 valence electrons. The molecule has 6 nitrogen and oxygen atoms in total. The van der Waals surface area contributed by atoms with E-state index < -0.39 is 34.6 Å². The van der Waals surface area contributed by atoms with Gasteiger partial charge in [-0.15, -0.1) is 0 Å². The maximum atomic E-state index is 11.5. The fraction of sp³-hybridized carbons (Fsp3) is 0.211.